The van der Waals surface area contributed by atoms with Crippen molar-refractivity contribution in [2.45, 2.75) is 25.9 Å². The van der Waals surface area contributed by atoms with E-state index in [-0.39, 0.29) is 6.10 Å². The van der Waals surface area contributed by atoms with Crippen molar-refractivity contribution in [1.29, 1.82) is 5.26 Å². The number of H-pyrrole nitrogens is 1. The molecule has 0 bridgehead atoms. The normalized spacial score (nSPS) is 15.6. The second-order valence-electron chi connectivity index (χ2n) is 6.77. The fourth-order valence-electron chi connectivity index (χ4n) is 3.73. The fraction of sp³-hybridized carbons (Fsp3) is 0.190. The Kier molecular flexibility index (Phi) is 3.47. The minimum absolute atomic E-state index is 0.00970. The van der Waals surface area contributed by atoms with Crippen molar-refractivity contribution < 1.29 is 9.15 Å². The third kappa shape index (κ3) is 2.56. The lowest BCUT2D eigenvalue weighted by Gasteiger charge is -2.16. The third-order valence-electron chi connectivity index (χ3n) is 5.11. The molecule has 4 aromatic rings. The molecule has 0 radical (unpaired) electrons. The Morgan fingerprint density at radius 2 is 2.22 bits per heavy atom. The lowest BCUT2D eigenvalue weighted by atomic mass is 10.0. The highest BCUT2D eigenvalue weighted by atomic mass is 16.5. The Morgan fingerprint density at radius 1 is 1.30 bits per heavy atom. The first-order valence-electron chi connectivity index (χ1n) is 8.80. The molecule has 1 N–H and O–H groups in total. The number of fused-ring (bicyclic) bond motifs is 2. The van der Waals surface area contributed by atoms with E-state index in [4.69, 9.17) is 9.15 Å². The quantitative estimate of drug-likeness (QED) is 0.585. The molecule has 0 unspecified atom stereocenters. The molecular formula is C21H16N4O2. The van der Waals surface area contributed by atoms with Gasteiger partial charge in [0, 0.05) is 5.39 Å². The van der Waals surface area contributed by atoms with Gasteiger partial charge in [0.2, 0.25) is 0 Å². The van der Waals surface area contributed by atoms with E-state index >= 15 is 0 Å². The maximum atomic E-state index is 9.23. The summed E-state index contributed by atoms with van der Waals surface area (Å²) in [5, 5.41) is 17.5. The zero-order valence-electron chi connectivity index (χ0n) is 14.7. The van der Waals surface area contributed by atoms with E-state index in [1.807, 2.05) is 31.2 Å². The van der Waals surface area contributed by atoms with Gasteiger partial charge in [-0.1, -0.05) is 6.07 Å². The molecule has 1 aliphatic rings. The molecule has 0 amide bonds. The maximum Gasteiger partial charge on any atom is 0.181 e. The van der Waals surface area contributed by atoms with Crippen LogP contribution in [0.5, 0.6) is 5.75 Å². The van der Waals surface area contributed by atoms with Crippen molar-refractivity contribution in [2.75, 3.05) is 0 Å². The van der Waals surface area contributed by atoms with E-state index in [0.29, 0.717) is 11.5 Å². The number of nitriles is 1. The average molecular weight is 356 g/mol. The summed E-state index contributed by atoms with van der Waals surface area (Å²) < 4.78 is 11.7. The van der Waals surface area contributed by atoms with Gasteiger partial charge in [-0.15, -0.1) is 0 Å². The number of aromatic amines is 1. The molecule has 1 aliphatic carbocycles. The monoisotopic (exact) mass is 356 g/mol. The summed E-state index contributed by atoms with van der Waals surface area (Å²) in [4.78, 5) is 3.96. The standard InChI is InChI=1S/C21H16N4O2/c1-12-6-16-13(7-14(12)9-22)2-5-19(16)27-15-3-4-18-17(8-15)21(25-24-18)20-10-23-11-26-20/h3-4,6-8,10-11,19H,2,5H2,1H3,(H,24,25)/t19-/m1/s1. The molecule has 1 atom stereocenters. The Hall–Kier alpha value is -3.59. The summed E-state index contributed by atoms with van der Waals surface area (Å²) in [6, 6.07) is 12.2. The van der Waals surface area contributed by atoms with Crippen LogP contribution in [0.2, 0.25) is 0 Å². The number of hydrogen-bond acceptors (Lipinski definition) is 5. The van der Waals surface area contributed by atoms with Crippen LogP contribution in [0.3, 0.4) is 0 Å². The van der Waals surface area contributed by atoms with Crippen LogP contribution in [0.25, 0.3) is 22.4 Å². The van der Waals surface area contributed by atoms with Crippen LogP contribution in [0.15, 0.2) is 47.3 Å². The molecule has 0 fully saturated rings. The minimum Gasteiger partial charge on any atom is -0.486 e. The van der Waals surface area contributed by atoms with Gasteiger partial charge in [0.1, 0.15) is 17.5 Å². The first-order valence-corrected chi connectivity index (χ1v) is 8.80. The van der Waals surface area contributed by atoms with Crippen LogP contribution >= 0.6 is 0 Å². The Labute approximate surface area is 155 Å². The van der Waals surface area contributed by atoms with Gasteiger partial charge in [0.05, 0.1) is 23.3 Å². The number of ether oxygens (including phenoxy) is 1. The lowest BCUT2D eigenvalue weighted by molar-refractivity contribution is 0.208. The summed E-state index contributed by atoms with van der Waals surface area (Å²) in [5.41, 5.74) is 5.74. The molecule has 27 heavy (non-hydrogen) atoms. The van der Waals surface area contributed by atoms with Gasteiger partial charge >= 0.3 is 0 Å². The zero-order valence-corrected chi connectivity index (χ0v) is 14.7. The number of nitrogens with one attached hydrogen (secondary N) is 1. The molecule has 6 nitrogen and oxygen atoms in total. The smallest absolute Gasteiger partial charge is 0.181 e. The van der Waals surface area contributed by atoms with E-state index in [2.05, 4.69) is 27.3 Å². The summed E-state index contributed by atoms with van der Waals surface area (Å²) in [5.74, 6) is 1.40. The Balaban J connectivity index is 1.49. The second-order valence-corrected chi connectivity index (χ2v) is 6.77. The van der Waals surface area contributed by atoms with Crippen LogP contribution < -0.4 is 4.74 Å². The van der Waals surface area contributed by atoms with Crippen molar-refractivity contribution in [2.24, 2.45) is 0 Å². The second kappa shape index (κ2) is 5.99. The van der Waals surface area contributed by atoms with Crippen LogP contribution in [0.4, 0.5) is 0 Å². The molecule has 2 aromatic carbocycles. The number of nitrogens with zero attached hydrogens (tertiary/aromatic N) is 3. The Morgan fingerprint density at radius 3 is 3.04 bits per heavy atom. The van der Waals surface area contributed by atoms with Crippen molar-refractivity contribution >= 4 is 10.9 Å². The van der Waals surface area contributed by atoms with Gasteiger partial charge in [0.25, 0.3) is 0 Å². The fourth-order valence-corrected chi connectivity index (χ4v) is 3.73. The molecule has 6 heteroatoms. The number of oxazole rings is 1. The van der Waals surface area contributed by atoms with E-state index in [9.17, 15) is 5.26 Å². The maximum absolute atomic E-state index is 9.23. The molecule has 0 aliphatic heterocycles. The van der Waals surface area contributed by atoms with Crippen molar-refractivity contribution in [3.8, 4) is 23.3 Å². The molecule has 132 valence electrons. The van der Waals surface area contributed by atoms with Crippen LogP contribution in [-0.2, 0) is 6.42 Å². The lowest BCUT2D eigenvalue weighted by Crippen LogP contribution is -2.04. The molecule has 0 saturated heterocycles. The molecule has 0 saturated carbocycles. The van der Waals surface area contributed by atoms with E-state index < -0.39 is 0 Å². The van der Waals surface area contributed by atoms with Gasteiger partial charge in [-0.25, -0.2) is 4.98 Å². The third-order valence-corrected chi connectivity index (χ3v) is 5.11. The zero-order chi connectivity index (χ0) is 18.4. The summed E-state index contributed by atoms with van der Waals surface area (Å²) in [6.07, 6.45) is 4.86. The van der Waals surface area contributed by atoms with Gasteiger partial charge in [-0.05, 0) is 60.7 Å². The van der Waals surface area contributed by atoms with E-state index in [1.54, 1.807) is 6.20 Å². The summed E-state index contributed by atoms with van der Waals surface area (Å²) in [6.45, 7) is 1.97. The number of aromatic nitrogens is 3. The highest BCUT2D eigenvalue weighted by molar-refractivity contribution is 5.92. The largest absolute Gasteiger partial charge is 0.486 e. The topological polar surface area (TPSA) is 87.7 Å². The van der Waals surface area contributed by atoms with Crippen molar-refractivity contribution in [1.82, 2.24) is 15.2 Å². The summed E-state index contributed by atoms with van der Waals surface area (Å²) in [7, 11) is 0. The van der Waals surface area contributed by atoms with Gasteiger partial charge in [-0.3, -0.25) is 5.10 Å². The summed E-state index contributed by atoms with van der Waals surface area (Å²) >= 11 is 0. The van der Waals surface area contributed by atoms with E-state index in [0.717, 1.165) is 40.6 Å². The van der Waals surface area contributed by atoms with Crippen molar-refractivity contribution in [3.05, 3.63) is 65.2 Å². The molecule has 2 heterocycles. The number of hydrogen-bond donors (Lipinski definition) is 1. The SMILES string of the molecule is Cc1cc2c(cc1C#N)CC[C@H]2Oc1ccc2[nH]nc(-c3cnco3)c2c1. The predicted octanol–water partition coefficient (Wildman–Crippen LogP) is 4.46. The van der Waals surface area contributed by atoms with Crippen LogP contribution in [0.1, 0.15) is 34.8 Å². The number of benzene rings is 2. The highest BCUT2D eigenvalue weighted by Crippen LogP contribution is 2.38. The van der Waals surface area contributed by atoms with E-state index in [1.165, 1.54) is 17.5 Å². The molecule has 5 rings (SSSR count). The minimum atomic E-state index is -0.00970. The predicted molar refractivity (Wildman–Crippen MR) is 99.2 cm³/mol. The number of aryl methyl sites for hydroxylation is 2. The van der Waals surface area contributed by atoms with Gasteiger partial charge in [0.15, 0.2) is 12.2 Å². The van der Waals surface area contributed by atoms with Crippen LogP contribution in [0, 0.1) is 18.3 Å². The highest BCUT2D eigenvalue weighted by Gasteiger charge is 2.25. The van der Waals surface area contributed by atoms with Crippen molar-refractivity contribution in [3.63, 3.8) is 0 Å². The van der Waals surface area contributed by atoms with Gasteiger partial charge in [-0.2, -0.15) is 10.4 Å². The molecule has 0 spiro atoms. The first kappa shape index (κ1) is 15.6. The number of rotatable bonds is 3. The average Bonchev–Trinajstić information content (AvgIpc) is 3.41. The molecule has 2 aromatic heterocycles. The molecular weight excluding hydrogens is 340 g/mol. The Bertz CT molecular complexity index is 1190. The first-order chi connectivity index (χ1) is 13.2. The van der Waals surface area contributed by atoms with Gasteiger partial charge < -0.3 is 9.15 Å². The van der Waals surface area contributed by atoms with Crippen LogP contribution in [-0.4, -0.2) is 15.2 Å².